The molecule has 0 aliphatic heterocycles. The van der Waals surface area contributed by atoms with Crippen molar-refractivity contribution < 1.29 is 4.74 Å². The molecule has 0 saturated heterocycles. The van der Waals surface area contributed by atoms with Crippen molar-refractivity contribution in [1.29, 1.82) is 0 Å². The topological polar surface area (TPSA) is 61.0 Å². The zero-order chi connectivity index (χ0) is 16.5. The van der Waals surface area contributed by atoms with E-state index in [9.17, 15) is 0 Å². The number of nitrogens with two attached hydrogens (primary N) is 1. The number of fused-ring (bicyclic) bond motifs is 1. The van der Waals surface area contributed by atoms with Gasteiger partial charge in [0.1, 0.15) is 10.6 Å². The molecule has 2 N–H and O–H groups in total. The second-order valence-electron chi connectivity index (χ2n) is 5.33. The molecule has 24 heavy (non-hydrogen) atoms. The second kappa shape index (κ2) is 5.94. The number of pyridine rings is 2. The Kier molecular flexibility index (Phi) is 3.63. The van der Waals surface area contributed by atoms with Gasteiger partial charge in [-0.1, -0.05) is 12.1 Å². The van der Waals surface area contributed by atoms with Gasteiger partial charge < -0.3 is 10.5 Å². The number of methoxy groups -OCH3 is 1. The van der Waals surface area contributed by atoms with Gasteiger partial charge in [0.15, 0.2) is 0 Å². The zero-order valence-corrected chi connectivity index (χ0v) is 13.9. The number of hydrogen-bond donors (Lipinski definition) is 1. The molecule has 0 aliphatic rings. The molecule has 4 nitrogen and oxygen atoms in total. The van der Waals surface area contributed by atoms with E-state index in [2.05, 4.69) is 4.98 Å². The third-order valence-electron chi connectivity index (χ3n) is 3.92. The monoisotopic (exact) mass is 333 g/mol. The lowest BCUT2D eigenvalue weighted by Crippen LogP contribution is -1.90. The van der Waals surface area contributed by atoms with E-state index in [1.165, 1.54) is 0 Å². The molecule has 3 aromatic heterocycles. The fourth-order valence-corrected chi connectivity index (χ4v) is 3.82. The highest BCUT2D eigenvalue weighted by molar-refractivity contribution is 7.22. The van der Waals surface area contributed by atoms with E-state index in [0.29, 0.717) is 0 Å². The number of benzene rings is 1. The minimum atomic E-state index is 0.764. The molecule has 3 heterocycles. The summed E-state index contributed by atoms with van der Waals surface area (Å²) in [7, 11) is 1.67. The smallest absolute Gasteiger partial charge is 0.128 e. The second-order valence-corrected chi connectivity index (χ2v) is 6.33. The highest BCUT2D eigenvalue weighted by Gasteiger charge is 2.14. The number of ether oxygens (including phenoxy) is 1. The average molecular weight is 333 g/mol. The fourth-order valence-electron chi connectivity index (χ4n) is 2.72. The lowest BCUT2D eigenvalue weighted by atomic mass is 10.1. The number of anilines is 1. The van der Waals surface area contributed by atoms with Crippen molar-refractivity contribution in [3.05, 3.63) is 60.9 Å². The van der Waals surface area contributed by atoms with Crippen LogP contribution >= 0.6 is 11.3 Å². The summed E-state index contributed by atoms with van der Waals surface area (Å²) in [4.78, 5) is 10.8. The van der Waals surface area contributed by atoms with Crippen LogP contribution in [0, 0.1) is 0 Å². The summed E-state index contributed by atoms with van der Waals surface area (Å²) in [5.41, 5.74) is 10.0. The predicted molar refractivity (Wildman–Crippen MR) is 99.3 cm³/mol. The van der Waals surface area contributed by atoms with Crippen molar-refractivity contribution in [2.24, 2.45) is 0 Å². The van der Waals surface area contributed by atoms with Crippen LogP contribution in [0.5, 0.6) is 5.75 Å². The van der Waals surface area contributed by atoms with E-state index in [1.54, 1.807) is 30.8 Å². The van der Waals surface area contributed by atoms with Crippen LogP contribution in [0.25, 0.3) is 31.9 Å². The summed E-state index contributed by atoms with van der Waals surface area (Å²) >= 11 is 1.59. The van der Waals surface area contributed by atoms with Gasteiger partial charge >= 0.3 is 0 Å². The molecule has 118 valence electrons. The van der Waals surface area contributed by atoms with Gasteiger partial charge in [0.05, 0.1) is 23.4 Å². The lowest BCUT2D eigenvalue weighted by molar-refractivity contribution is 0.416. The van der Waals surface area contributed by atoms with Gasteiger partial charge in [-0.25, -0.2) is 4.98 Å². The maximum Gasteiger partial charge on any atom is 0.128 e. The predicted octanol–water partition coefficient (Wildman–Crippen LogP) is 4.62. The van der Waals surface area contributed by atoms with E-state index >= 15 is 0 Å². The van der Waals surface area contributed by atoms with Gasteiger partial charge in [-0.05, 0) is 42.0 Å². The number of aromatic nitrogens is 2. The van der Waals surface area contributed by atoms with Crippen LogP contribution in [-0.4, -0.2) is 17.1 Å². The molecular weight excluding hydrogens is 318 g/mol. The summed E-state index contributed by atoms with van der Waals surface area (Å²) in [5, 5.41) is 0.977. The van der Waals surface area contributed by atoms with E-state index in [4.69, 9.17) is 15.5 Å². The Labute approximate surface area is 143 Å². The molecule has 4 aromatic rings. The Hall–Kier alpha value is -2.92. The van der Waals surface area contributed by atoms with Crippen LogP contribution in [-0.2, 0) is 0 Å². The first-order chi connectivity index (χ1) is 11.8. The lowest BCUT2D eigenvalue weighted by Gasteiger charge is -2.07. The summed E-state index contributed by atoms with van der Waals surface area (Å²) in [6.07, 6.45) is 3.54. The molecule has 1 aromatic carbocycles. The number of hydrogen-bond acceptors (Lipinski definition) is 5. The molecule has 0 bridgehead atoms. The highest BCUT2D eigenvalue weighted by Crippen LogP contribution is 2.41. The molecule has 0 atom stereocenters. The quantitative estimate of drug-likeness (QED) is 0.594. The Bertz CT molecular complexity index is 1010. The molecule has 5 heteroatoms. The molecular formula is C19H15N3OS. The van der Waals surface area contributed by atoms with Crippen LogP contribution in [0.3, 0.4) is 0 Å². The number of thiophene rings is 1. The van der Waals surface area contributed by atoms with Gasteiger partial charge in [0.25, 0.3) is 0 Å². The number of nitrogen functional groups attached to an aromatic ring is 1. The Morgan fingerprint density at radius 2 is 1.79 bits per heavy atom. The zero-order valence-electron chi connectivity index (χ0n) is 13.1. The average Bonchev–Trinajstić information content (AvgIpc) is 2.98. The minimum Gasteiger partial charge on any atom is -0.496 e. The van der Waals surface area contributed by atoms with Crippen molar-refractivity contribution in [3.63, 3.8) is 0 Å². The largest absolute Gasteiger partial charge is 0.496 e. The first-order valence-corrected chi connectivity index (χ1v) is 8.32. The maximum atomic E-state index is 6.34. The summed E-state index contributed by atoms with van der Waals surface area (Å²) in [6, 6.07) is 15.8. The minimum absolute atomic E-state index is 0.764. The van der Waals surface area contributed by atoms with Crippen LogP contribution in [0.15, 0.2) is 60.9 Å². The maximum absolute atomic E-state index is 6.34. The van der Waals surface area contributed by atoms with Crippen LogP contribution < -0.4 is 10.5 Å². The number of rotatable bonds is 3. The molecule has 0 unspecified atom stereocenters. The van der Waals surface area contributed by atoms with Crippen molar-refractivity contribution in [1.82, 2.24) is 9.97 Å². The SMILES string of the molecule is COc1ccccc1-c1ccc2c(N)c(-c3ccncc3)sc2n1. The van der Waals surface area contributed by atoms with Gasteiger partial charge in [0.2, 0.25) is 0 Å². The molecule has 0 radical (unpaired) electrons. The van der Waals surface area contributed by atoms with Gasteiger partial charge in [0, 0.05) is 23.3 Å². The van der Waals surface area contributed by atoms with Crippen molar-refractivity contribution in [2.45, 2.75) is 0 Å². The number of para-hydroxylation sites is 1. The fraction of sp³-hybridized carbons (Fsp3) is 0.0526. The van der Waals surface area contributed by atoms with Crippen LogP contribution in [0.1, 0.15) is 0 Å². The van der Waals surface area contributed by atoms with Crippen molar-refractivity contribution in [2.75, 3.05) is 12.8 Å². The summed E-state index contributed by atoms with van der Waals surface area (Å²) in [5.74, 6) is 0.809. The molecule has 0 amide bonds. The van der Waals surface area contributed by atoms with Crippen LogP contribution in [0.4, 0.5) is 5.69 Å². The van der Waals surface area contributed by atoms with E-state index in [-0.39, 0.29) is 0 Å². The Balaban J connectivity index is 1.88. The Morgan fingerprint density at radius 3 is 2.58 bits per heavy atom. The first-order valence-electron chi connectivity index (χ1n) is 7.50. The highest BCUT2D eigenvalue weighted by atomic mass is 32.1. The molecule has 4 rings (SSSR count). The van der Waals surface area contributed by atoms with Gasteiger partial charge in [-0.2, -0.15) is 0 Å². The van der Waals surface area contributed by atoms with E-state index < -0.39 is 0 Å². The standard InChI is InChI=1S/C19H15N3OS/c1-23-16-5-3-2-4-13(16)15-7-6-14-17(20)18(24-19(14)22-15)12-8-10-21-11-9-12/h2-11H,20H2,1H3. The molecule has 0 fully saturated rings. The molecule has 0 spiro atoms. The summed E-state index contributed by atoms with van der Waals surface area (Å²) < 4.78 is 5.44. The molecule has 0 aliphatic carbocycles. The number of nitrogens with zero attached hydrogens (tertiary/aromatic N) is 2. The third-order valence-corrected chi connectivity index (χ3v) is 5.08. The first kappa shape index (κ1) is 14.7. The van der Waals surface area contributed by atoms with E-state index in [1.807, 2.05) is 48.5 Å². The Morgan fingerprint density at radius 1 is 1.00 bits per heavy atom. The molecule has 0 saturated carbocycles. The third kappa shape index (κ3) is 2.39. The van der Waals surface area contributed by atoms with Crippen molar-refractivity contribution in [3.8, 4) is 27.4 Å². The van der Waals surface area contributed by atoms with Gasteiger partial charge in [-0.3, -0.25) is 4.98 Å². The summed E-state index contributed by atoms with van der Waals surface area (Å²) in [6.45, 7) is 0. The van der Waals surface area contributed by atoms with Gasteiger partial charge in [-0.15, -0.1) is 11.3 Å². The van der Waals surface area contributed by atoms with E-state index in [0.717, 1.165) is 43.4 Å². The van der Waals surface area contributed by atoms with Crippen LogP contribution in [0.2, 0.25) is 0 Å². The van der Waals surface area contributed by atoms with Crippen molar-refractivity contribution >= 4 is 27.2 Å². The normalized spacial score (nSPS) is 10.9.